The van der Waals surface area contributed by atoms with Crippen LogP contribution in [0.2, 0.25) is 0 Å². The van der Waals surface area contributed by atoms with Crippen LogP contribution in [0.3, 0.4) is 0 Å². The van der Waals surface area contributed by atoms with E-state index in [1.807, 2.05) is 6.92 Å². The van der Waals surface area contributed by atoms with Crippen molar-refractivity contribution in [2.75, 3.05) is 5.32 Å². The molecule has 2 aliphatic carbocycles. The summed E-state index contributed by atoms with van der Waals surface area (Å²) < 4.78 is 0. The van der Waals surface area contributed by atoms with E-state index in [9.17, 15) is 9.59 Å². The highest BCUT2D eigenvalue weighted by atomic mass is 32.1. The normalized spacial score (nSPS) is 28.8. The smallest absolute Gasteiger partial charge is 0.338 e. The zero-order valence-electron chi connectivity index (χ0n) is 10.1. The van der Waals surface area contributed by atoms with E-state index in [0.717, 1.165) is 17.7 Å². The van der Waals surface area contributed by atoms with E-state index in [1.54, 1.807) is 6.07 Å². The van der Waals surface area contributed by atoms with Crippen molar-refractivity contribution in [3.63, 3.8) is 0 Å². The number of thiophene rings is 1. The van der Waals surface area contributed by atoms with Crippen LogP contribution in [0, 0.1) is 24.7 Å². The van der Waals surface area contributed by atoms with Crippen molar-refractivity contribution in [1.29, 1.82) is 0 Å². The third-order valence-electron chi connectivity index (χ3n) is 4.03. The monoisotopic (exact) mass is 265 g/mol. The van der Waals surface area contributed by atoms with Crippen molar-refractivity contribution in [2.45, 2.75) is 26.2 Å². The quantitative estimate of drug-likeness (QED) is 0.883. The van der Waals surface area contributed by atoms with Gasteiger partial charge in [0.15, 0.2) is 0 Å². The van der Waals surface area contributed by atoms with Gasteiger partial charge in [0.1, 0.15) is 5.00 Å². The number of carboxylic acids is 1. The molecule has 2 N–H and O–H groups in total. The van der Waals surface area contributed by atoms with Crippen LogP contribution in [0.4, 0.5) is 5.00 Å². The van der Waals surface area contributed by atoms with Crippen LogP contribution in [0.5, 0.6) is 0 Å². The molecule has 0 spiro atoms. The second kappa shape index (κ2) is 4.09. The van der Waals surface area contributed by atoms with Crippen LogP contribution in [0.25, 0.3) is 0 Å². The Balaban J connectivity index is 1.73. The summed E-state index contributed by atoms with van der Waals surface area (Å²) in [6.45, 7) is 1.85. The number of fused-ring (bicyclic) bond motifs is 1. The minimum absolute atomic E-state index is 0.00838. The molecule has 0 bridgehead atoms. The summed E-state index contributed by atoms with van der Waals surface area (Å²) in [7, 11) is 0. The van der Waals surface area contributed by atoms with Gasteiger partial charge in [-0.1, -0.05) is 6.42 Å². The molecule has 18 heavy (non-hydrogen) atoms. The average molecular weight is 265 g/mol. The van der Waals surface area contributed by atoms with E-state index in [0.29, 0.717) is 16.8 Å². The van der Waals surface area contributed by atoms with Gasteiger partial charge in [-0.25, -0.2) is 4.79 Å². The molecule has 2 unspecified atom stereocenters. The lowest BCUT2D eigenvalue weighted by Gasteiger charge is -2.05. The van der Waals surface area contributed by atoms with Crippen molar-refractivity contribution in [2.24, 2.45) is 17.8 Å². The third kappa shape index (κ3) is 1.82. The molecule has 2 fully saturated rings. The summed E-state index contributed by atoms with van der Waals surface area (Å²) in [5, 5.41) is 12.3. The van der Waals surface area contributed by atoms with E-state index in [2.05, 4.69) is 5.32 Å². The van der Waals surface area contributed by atoms with Gasteiger partial charge in [0.25, 0.3) is 0 Å². The van der Waals surface area contributed by atoms with E-state index < -0.39 is 5.97 Å². The van der Waals surface area contributed by atoms with Gasteiger partial charge in [0, 0.05) is 10.8 Å². The van der Waals surface area contributed by atoms with Crippen molar-refractivity contribution in [1.82, 2.24) is 0 Å². The largest absolute Gasteiger partial charge is 0.478 e. The molecule has 2 atom stereocenters. The number of hydrogen-bond acceptors (Lipinski definition) is 3. The first-order chi connectivity index (χ1) is 8.58. The van der Waals surface area contributed by atoms with Crippen molar-refractivity contribution in [3.05, 3.63) is 16.5 Å². The number of carboxylic acid groups (broad SMARTS) is 1. The first-order valence-electron chi connectivity index (χ1n) is 6.22. The Morgan fingerprint density at radius 3 is 2.67 bits per heavy atom. The van der Waals surface area contributed by atoms with E-state index in [1.165, 1.54) is 17.8 Å². The summed E-state index contributed by atoms with van der Waals surface area (Å²) in [6, 6.07) is 1.61. The van der Waals surface area contributed by atoms with Crippen LogP contribution in [0.15, 0.2) is 6.07 Å². The van der Waals surface area contributed by atoms with E-state index in [4.69, 9.17) is 5.11 Å². The highest BCUT2D eigenvalue weighted by Crippen LogP contribution is 2.57. The predicted molar refractivity (Wildman–Crippen MR) is 69.0 cm³/mol. The number of anilines is 1. The molecule has 4 nitrogen and oxygen atoms in total. The number of aryl methyl sites for hydroxylation is 1. The zero-order chi connectivity index (χ0) is 12.9. The predicted octanol–water partition coefficient (Wildman–Crippen LogP) is 2.74. The first-order valence-corrected chi connectivity index (χ1v) is 7.04. The molecule has 2 saturated carbocycles. The molecule has 1 heterocycles. The fraction of sp³-hybridized carbons (Fsp3) is 0.538. The molecule has 2 aliphatic rings. The average Bonchev–Trinajstić information content (AvgIpc) is 2.67. The Morgan fingerprint density at radius 1 is 1.39 bits per heavy atom. The highest BCUT2D eigenvalue weighted by Gasteiger charge is 2.56. The molecule has 1 aromatic heterocycles. The number of hydrogen-bond donors (Lipinski definition) is 2. The Kier molecular flexibility index (Phi) is 2.66. The maximum atomic E-state index is 12.1. The van der Waals surface area contributed by atoms with Crippen LogP contribution in [-0.2, 0) is 4.79 Å². The summed E-state index contributed by atoms with van der Waals surface area (Å²) >= 11 is 1.33. The van der Waals surface area contributed by atoms with Gasteiger partial charge in [-0.2, -0.15) is 0 Å². The minimum Gasteiger partial charge on any atom is -0.478 e. The zero-order valence-corrected chi connectivity index (χ0v) is 10.9. The van der Waals surface area contributed by atoms with Gasteiger partial charge < -0.3 is 10.4 Å². The number of aromatic carboxylic acids is 1. The Hall–Kier alpha value is -1.36. The molecule has 96 valence electrons. The molecular formula is C13H15NO3S. The first kappa shape index (κ1) is 11.7. The van der Waals surface area contributed by atoms with Gasteiger partial charge >= 0.3 is 5.97 Å². The molecule has 0 aliphatic heterocycles. The lowest BCUT2D eigenvalue weighted by Crippen LogP contribution is -2.17. The Morgan fingerprint density at radius 2 is 2.06 bits per heavy atom. The summed E-state index contributed by atoms with van der Waals surface area (Å²) in [6.07, 6.45) is 3.54. The maximum absolute atomic E-state index is 12.1. The number of carbonyl (C=O) groups is 2. The lowest BCUT2D eigenvalue weighted by atomic mass is 10.1. The van der Waals surface area contributed by atoms with Crippen molar-refractivity contribution in [3.8, 4) is 0 Å². The van der Waals surface area contributed by atoms with Gasteiger partial charge in [-0.05, 0) is 37.7 Å². The Bertz CT molecular complexity index is 512. The van der Waals surface area contributed by atoms with Crippen LogP contribution >= 0.6 is 11.3 Å². The standard InChI is InChI=1S/C13H15NO3S/c1-6-5-9(13(16)17)12(18-6)14-11(15)10-7-3-2-4-8(7)10/h5,7-8,10H,2-4H2,1H3,(H,14,15)(H,16,17). The van der Waals surface area contributed by atoms with E-state index in [-0.39, 0.29) is 17.4 Å². The summed E-state index contributed by atoms with van der Waals surface area (Å²) in [4.78, 5) is 24.0. The second-order valence-electron chi connectivity index (χ2n) is 5.18. The second-order valence-corrected chi connectivity index (χ2v) is 6.43. The summed E-state index contributed by atoms with van der Waals surface area (Å²) in [5.74, 6) is 0.265. The topological polar surface area (TPSA) is 66.4 Å². The molecule has 1 amide bonds. The fourth-order valence-corrected chi connectivity index (χ4v) is 4.08. The third-order valence-corrected chi connectivity index (χ3v) is 5.00. The SMILES string of the molecule is Cc1cc(C(=O)O)c(NC(=O)C2C3CCCC32)s1. The molecule has 5 heteroatoms. The molecule has 3 rings (SSSR count). The van der Waals surface area contributed by atoms with Gasteiger partial charge in [0.2, 0.25) is 5.91 Å². The number of nitrogens with one attached hydrogen (secondary N) is 1. The summed E-state index contributed by atoms with van der Waals surface area (Å²) in [5.41, 5.74) is 0.205. The van der Waals surface area contributed by atoms with Crippen LogP contribution in [-0.4, -0.2) is 17.0 Å². The molecule has 0 aromatic carbocycles. The molecule has 0 radical (unpaired) electrons. The molecule has 1 aromatic rings. The van der Waals surface area contributed by atoms with Crippen molar-refractivity contribution < 1.29 is 14.7 Å². The molecular weight excluding hydrogens is 250 g/mol. The van der Waals surface area contributed by atoms with Crippen LogP contribution < -0.4 is 5.32 Å². The fourth-order valence-electron chi connectivity index (χ4n) is 3.17. The maximum Gasteiger partial charge on any atom is 0.338 e. The highest BCUT2D eigenvalue weighted by molar-refractivity contribution is 7.16. The van der Waals surface area contributed by atoms with Crippen LogP contribution in [0.1, 0.15) is 34.5 Å². The lowest BCUT2D eigenvalue weighted by molar-refractivity contribution is -0.118. The van der Waals surface area contributed by atoms with Gasteiger partial charge in [-0.15, -0.1) is 11.3 Å². The number of rotatable bonds is 3. The van der Waals surface area contributed by atoms with Gasteiger partial charge in [0.05, 0.1) is 5.56 Å². The molecule has 0 saturated heterocycles. The van der Waals surface area contributed by atoms with E-state index >= 15 is 0 Å². The Labute approximate surface area is 109 Å². The minimum atomic E-state index is -0.981. The number of carbonyl (C=O) groups excluding carboxylic acids is 1. The van der Waals surface area contributed by atoms with Crippen molar-refractivity contribution >= 4 is 28.2 Å². The number of amides is 1. The van der Waals surface area contributed by atoms with Gasteiger partial charge in [-0.3, -0.25) is 4.79 Å².